The molecule has 0 radical (unpaired) electrons. The van der Waals surface area contributed by atoms with Crippen LogP contribution in [0.3, 0.4) is 0 Å². The molecule has 90 valence electrons. The normalized spacial score (nSPS) is 19.0. The highest BCUT2D eigenvalue weighted by molar-refractivity contribution is 5.87. The Morgan fingerprint density at radius 1 is 1.47 bits per heavy atom. The van der Waals surface area contributed by atoms with Crippen molar-refractivity contribution in [1.29, 1.82) is 0 Å². The van der Waals surface area contributed by atoms with Crippen molar-refractivity contribution in [3.05, 3.63) is 35.9 Å². The van der Waals surface area contributed by atoms with Gasteiger partial charge < -0.3 is 15.0 Å². The van der Waals surface area contributed by atoms with Crippen molar-refractivity contribution in [3.8, 4) is 0 Å². The molecule has 0 spiro atoms. The highest BCUT2D eigenvalue weighted by Gasteiger charge is 2.34. The zero-order valence-electron chi connectivity index (χ0n) is 9.55. The van der Waals surface area contributed by atoms with Crippen LogP contribution in [0.5, 0.6) is 0 Å². The van der Waals surface area contributed by atoms with E-state index in [4.69, 9.17) is 4.74 Å². The van der Waals surface area contributed by atoms with Gasteiger partial charge in [0.1, 0.15) is 12.6 Å². The number of nitrogens with one attached hydrogen (secondary N) is 1. The Morgan fingerprint density at radius 3 is 2.76 bits per heavy atom. The van der Waals surface area contributed by atoms with E-state index < -0.39 is 6.04 Å². The van der Waals surface area contributed by atoms with E-state index in [-0.39, 0.29) is 18.6 Å². The minimum atomic E-state index is -0.522. The summed E-state index contributed by atoms with van der Waals surface area (Å²) in [4.78, 5) is 24.2. The predicted octanol–water partition coefficient (Wildman–Crippen LogP) is 0.753. The van der Waals surface area contributed by atoms with Crippen LogP contribution in [0.4, 0.5) is 4.79 Å². The van der Waals surface area contributed by atoms with Gasteiger partial charge in [-0.25, -0.2) is 9.59 Å². The van der Waals surface area contributed by atoms with Crippen LogP contribution in [-0.2, 0) is 16.1 Å². The number of hydrogen-bond acceptors (Lipinski definition) is 3. The summed E-state index contributed by atoms with van der Waals surface area (Å²) in [6.45, 7) is 0.543. The summed E-state index contributed by atoms with van der Waals surface area (Å²) in [5.74, 6) is -0.380. The van der Waals surface area contributed by atoms with Crippen molar-refractivity contribution in [2.75, 3.05) is 13.6 Å². The minimum Gasteiger partial charge on any atom is -0.459 e. The molecule has 2 rings (SSSR count). The topological polar surface area (TPSA) is 58.6 Å². The number of esters is 1. The Bertz CT molecular complexity index is 419. The van der Waals surface area contributed by atoms with Crippen LogP contribution < -0.4 is 5.32 Å². The van der Waals surface area contributed by atoms with E-state index in [1.54, 1.807) is 7.05 Å². The number of urea groups is 1. The number of nitrogens with zero attached hydrogens (tertiary/aromatic N) is 1. The molecular weight excluding hydrogens is 220 g/mol. The van der Waals surface area contributed by atoms with E-state index in [1.807, 2.05) is 30.3 Å². The molecule has 1 aromatic carbocycles. The van der Waals surface area contributed by atoms with E-state index in [2.05, 4.69) is 5.32 Å². The Morgan fingerprint density at radius 2 is 2.18 bits per heavy atom. The molecule has 17 heavy (non-hydrogen) atoms. The molecule has 0 saturated carbocycles. The number of likely N-dealkylation sites (N-methyl/N-ethyl adjacent to an activating group) is 1. The molecular formula is C12H14N2O3. The highest BCUT2D eigenvalue weighted by Crippen LogP contribution is 2.08. The Kier molecular flexibility index (Phi) is 3.27. The summed E-state index contributed by atoms with van der Waals surface area (Å²) >= 11 is 0. The van der Waals surface area contributed by atoms with Crippen LogP contribution in [0.15, 0.2) is 30.3 Å². The number of rotatable bonds is 3. The van der Waals surface area contributed by atoms with Crippen molar-refractivity contribution >= 4 is 12.0 Å². The van der Waals surface area contributed by atoms with Crippen LogP contribution in [-0.4, -0.2) is 36.5 Å². The lowest BCUT2D eigenvalue weighted by Gasteiger charge is -2.16. The number of carbonyl (C=O) groups is 2. The third-order valence-corrected chi connectivity index (χ3v) is 2.73. The summed E-state index contributed by atoms with van der Waals surface area (Å²) < 4.78 is 5.16. The molecule has 0 aromatic heterocycles. The van der Waals surface area contributed by atoms with Gasteiger partial charge in [-0.3, -0.25) is 0 Å². The zero-order valence-corrected chi connectivity index (χ0v) is 9.55. The molecule has 2 amide bonds. The maximum Gasteiger partial charge on any atom is 0.331 e. The number of benzene rings is 1. The van der Waals surface area contributed by atoms with Crippen molar-refractivity contribution in [2.45, 2.75) is 12.6 Å². The molecule has 0 aliphatic carbocycles. The second-order valence-corrected chi connectivity index (χ2v) is 3.91. The summed E-state index contributed by atoms with van der Waals surface area (Å²) in [6, 6.07) is 8.67. The van der Waals surface area contributed by atoms with Gasteiger partial charge in [-0.15, -0.1) is 0 Å². The molecule has 1 atom stereocenters. The van der Waals surface area contributed by atoms with Crippen LogP contribution in [0, 0.1) is 0 Å². The average Bonchev–Trinajstić information content (AvgIpc) is 2.69. The molecule has 0 unspecified atom stereocenters. The van der Waals surface area contributed by atoms with E-state index in [9.17, 15) is 9.59 Å². The van der Waals surface area contributed by atoms with E-state index >= 15 is 0 Å². The minimum absolute atomic E-state index is 0.234. The summed E-state index contributed by atoms with van der Waals surface area (Å²) in [5, 5.41) is 2.58. The average molecular weight is 234 g/mol. The van der Waals surface area contributed by atoms with Gasteiger partial charge in [0, 0.05) is 7.05 Å². The third-order valence-electron chi connectivity index (χ3n) is 2.73. The summed E-state index contributed by atoms with van der Waals surface area (Å²) in [5.41, 5.74) is 0.931. The van der Waals surface area contributed by atoms with Crippen LogP contribution in [0.2, 0.25) is 0 Å². The Balaban J connectivity index is 1.88. The SMILES string of the molecule is CN1C(=O)NC[C@H]1C(=O)OCc1ccccc1. The van der Waals surface area contributed by atoms with Gasteiger partial charge >= 0.3 is 12.0 Å². The molecule has 1 fully saturated rings. The fourth-order valence-electron chi connectivity index (χ4n) is 1.65. The summed E-state index contributed by atoms with van der Waals surface area (Å²) in [6.07, 6.45) is 0. The molecule has 1 N–H and O–H groups in total. The molecule has 1 aliphatic heterocycles. The lowest BCUT2D eigenvalue weighted by molar-refractivity contribution is -0.148. The molecule has 0 bridgehead atoms. The number of carbonyl (C=O) groups excluding carboxylic acids is 2. The van der Waals surface area contributed by atoms with E-state index in [1.165, 1.54) is 4.90 Å². The van der Waals surface area contributed by atoms with Crippen molar-refractivity contribution in [3.63, 3.8) is 0 Å². The number of hydrogen-bond donors (Lipinski definition) is 1. The second kappa shape index (κ2) is 4.86. The van der Waals surface area contributed by atoms with Crippen LogP contribution in [0.1, 0.15) is 5.56 Å². The largest absolute Gasteiger partial charge is 0.459 e. The second-order valence-electron chi connectivity index (χ2n) is 3.91. The fraction of sp³-hybridized carbons (Fsp3) is 0.333. The third kappa shape index (κ3) is 2.55. The summed E-state index contributed by atoms with van der Waals surface area (Å²) in [7, 11) is 1.58. The molecule has 1 aromatic rings. The first-order valence-corrected chi connectivity index (χ1v) is 5.39. The van der Waals surface area contributed by atoms with Gasteiger partial charge in [0.25, 0.3) is 0 Å². The van der Waals surface area contributed by atoms with Gasteiger partial charge in [-0.2, -0.15) is 0 Å². The lowest BCUT2D eigenvalue weighted by Crippen LogP contribution is -2.37. The Labute approximate surface area is 99.4 Å². The Hall–Kier alpha value is -2.04. The maximum atomic E-state index is 11.7. The standard InChI is InChI=1S/C12H14N2O3/c1-14-10(7-13-12(14)16)11(15)17-8-9-5-3-2-4-6-9/h2-6,10H,7-8H2,1H3,(H,13,16)/t10-/m0/s1. The highest BCUT2D eigenvalue weighted by atomic mass is 16.5. The van der Waals surface area contributed by atoms with Gasteiger partial charge in [0.15, 0.2) is 0 Å². The molecule has 1 aliphatic rings. The van der Waals surface area contributed by atoms with Crippen molar-refractivity contribution in [1.82, 2.24) is 10.2 Å². The first-order valence-electron chi connectivity index (χ1n) is 5.39. The molecule has 5 nitrogen and oxygen atoms in total. The number of ether oxygens (including phenoxy) is 1. The van der Waals surface area contributed by atoms with Crippen molar-refractivity contribution < 1.29 is 14.3 Å². The van der Waals surface area contributed by atoms with E-state index in [0.717, 1.165) is 5.56 Å². The molecule has 5 heteroatoms. The first-order chi connectivity index (χ1) is 8.18. The van der Waals surface area contributed by atoms with Gasteiger partial charge in [-0.05, 0) is 5.56 Å². The number of amides is 2. The smallest absolute Gasteiger partial charge is 0.331 e. The fourth-order valence-corrected chi connectivity index (χ4v) is 1.65. The van der Waals surface area contributed by atoms with Gasteiger partial charge in [-0.1, -0.05) is 30.3 Å². The van der Waals surface area contributed by atoms with Gasteiger partial charge in [0.05, 0.1) is 6.54 Å². The maximum absolute atomic E-state index is 11.7. The zero-order chi connectivity index (χ0) is 12.3. The van der Waals surface area contributed by atoms with Crippen molar-refractivity contribution in [2.24, 2.45) is 0 Å². The lowest BCUT2D eigenvalue weighted by atomic mass is 10.2. The van der Waals surface area contributed by atoms with Crippen LogP contribution >= 0.6 is 0 Å². The quantitative estimate of drug-likeness (QED) is 0.785. The first kappa shape index (κ1) is 11.4. The van der Waals surface area contributed by atoms with E-state index in [0.29, 0.717) is 6.54 Å². The molecule has 1 saturated heterocycles. The predicted molar refractivity (Wildman–Crippen MR) is 61.2 cm³/mol. The van der Waals surface area contributed by atoms with Crippen LogP contribution in [0.25, 0.3) is 0 Å². The van der Waals surface area contributed by atoms with Gasteiger partial charge in [0.2, 0.25) is 0 Å². The monoisotopic (exact) mass is 234 g/mol. The molecule has 1 heterocycles.